The molecule has 0 amide bonds. The topological polar surface area (TPSA) is 36.8 Å². The van der Waals surface area contributed by atoms with Crippen molar-refractivity contribution in [3.63, 3.8) is 0 Å². The average molecular weight is 205 g/mol. The van der Waals surface area contributed by atoms with Gasteiger partial charge in [-0.15, -0.1) is 0 Å². The van der Waals surface area contributed by atoms with Crippen molar-refractivity contribution in [2.75, 3.05) is 0 Å². The molecule has 0 fully saturated rings. The van der Waals surface area contributed by atoms with Gasteiger partial charge >= 0.3 is 5.92 Å². The van der Waals surface area contributed by atoms with Crippen LogP contribution in [0.3, 0.4) is 0 Å². The standard InChI is InChI=1S/CHF3N3P3/c2-1(3,4)10-6-8-5-9-7-10/h(H,5,6,7). The van der Waals surface area contributed by atoms with Gasteiger partial charge in [0.1, 0.15) is 8.52 Å². The molecule has 1 aliphatic heterocycles. The molecule has 0 spiro atoms. The van der Waals surface area contributed by atoms with Crippen molar-refractivity contribution >= 4 is 25.3 Å². The average Bonchev–Trinajstić information content (AvgIpc) is 1.88. The molecular weight excluding hydrogens is 204 g/mol. The third-order valence-corrected chi connectivity index (χ3v) is 3.90. The number of hydrogen-bond acceptors (Lipinski definition) is 3. The highest BCUT2D eigenvalue weighted by Gasteiger charge is 2.41. The second-order valence-electron chi connectivity index (χ2n) is 1.25. The van der Waals surface area contributed by atoms with Crippen molar-refractivity contribution < 1.29 is 13.2 Å². The Morgan fingerprint density at radius 2 is 2.10 bits per heavy atom. The van der Waals surface area contributed by atoms with Gasteiger partial charge in [0.15, 0.2) is 8.52 Å². The highest BCUT2D eigenvalue weighted by molar-refractivity contribution is 7.67. The van der Waals surface area contributed by atoms with Gasteiger partial charge in [-0.05, 0) is 0 Å². The Bertz CT molecular complexity index is 174. The van der Waals surface area contributed by atoms with Crippen molar-refractivity contribution in [2.24, 2.45) is 9.03 Å². The largest absolute Gasteiger partial charge is 0.441 e. The zero-order valence-corrected chi connectivity index (χ0v) is 7.05. The zero-order chi connectivity index (χ0) is 7.61. The first-order chi connectivity index (χ1) is 4.61. The Balaban J connectivity index is 2.60. The normalized spacial score (nSPS) is 28.5. The molecule has 1 atom stereocenters. The van der Waals surface area contributed by atoms with E-state index in [2.05, 4.69) is 13.9 Å². The first kappa shape index (κ1) is 8.48. The van der Waals surface area contributed by atoms with E-state index in [0.717, 1.165) is 0 Å². The lowest BCUT2D eigenvalue weighted by Gasteiger charge is -2.13. The fourth-order valence-corrected chi connectivity index (χ4v) is 3.45. The summed E-state index contributed by atoms with van der Waals surface area (Å²) in [5, 5.41) is 0. The summed E-state index contributed by atoms with van der Waals surface area (Å²) < 4.78 is 42.0. The van der Waals surface area contributed by atoms with Gasteiger partial charge in [-0.25, -0.2) is 4.86 Å². The maximum absolute atomic E-state index is 11.8. The van der Waals surface area contributed by atoms with E-state index >= 15 is 0 Å². The Kier molecular flexibility index (Phi) is 2.70. The molecule has 56 valence electrons. The van der Waals surface area contributed by atoms with Gasteiger partial charge in [0.25, 0.3) is 0 Å². The van der Waals surface area contributed by atoms with Crippen LogP contribution in [-0.4, -0.2) is 5.92 Å². The van der Waals surface area contributed by atoms with Crippen LogP contribution in [0.1, 0.15) is 0 Å². The summed E-state index contributed by atoms with van der Waals surface area (Å²) in [7, 11) is -1.91. The van der Waals surface area contributed by atoms with Gasteiger partial charge in [-0.1, -0.05) is 0 Å². The van der Waals surface area contributed by atoms with Gasteiger partial charge in [0.2, 0.25) is 8.22 Å². The van der Waals surface area contributed by atoms with E-state index in [0.29, 0.717) is 0 Å². The quantitative estimate of drug-likeness (QED) is 0.603. The molecule has 0 radical (unpaired) electrons. The minimum atomic E-state index is -4.22. The van der Waals surface area contributed by atoms with Gasteiger partial charge in [-0.3, -0.25) is 0 Å². The molecule has 0 aromatic rings. The van der Waals surface area contributed by atoms with E-state index in [1.807, 2.05) is 0 Å². The lowest BCUT2D eigenvalue weighted by Crippen LogP contribution is -2.09. The Hall–Kier alpha value is 0.380. The number of alkyl halides is 3. The third-order valence-electron chi connectivity index (χ3n) is 0.594. The van der Waals surface area contributed by atoms with Crippen LogP contribution in [0, 0.1) is 0 Å². The summed E-state index contributed by atoms with van der Waals surface area (Å²) in [6.07, 6.45) is 0. The van der Waals surface area contributed by atoms with Crippen LogP contribution in [0.25, 0.3) is 0 Å². The highest BCUT2D eigenvalue weighted by Crippen LogP contribution is 2.56. The van der Waals surface area contributed by atoms with Crippen LogP contribution in [0.5, 0.6) is 0 Å². The minimum absolute atomic E-state index is 0.177. The number of nitrogens with one attached hydrogen (secondary N) is 1. The monoisotopic (exact) mass is 205 g/mol. The molecule has 0 bridgehead atoms. The van der Waals surface area contributed by atoms with E-state index in [1.54, 1.807) is 0 Å². The first-order valence-electron chi connectivity index (χ1n) is 2.04. The molecule has 9 heteroatoms. The molecule has 0 saturated carbocycles. The lowest BCUT2D eigenvalue weighted by molar-refractivity contribution is -0.0407. The Morgan fingerprint density at radius 1 is 1.40 bits per heavy atom. The van der Waals surface area contributed by atoms with Crippen LogP contribution in [0.4, 0.5) is 13.2 Å². The molecule has 3 nitrogen and oxygen atoms in total. The van der Waals surface area contributed by atoms with Crippen LogP contribution in [0.2, 0.25) is 0 Å². The molecule has 10 heavy (non-hydrogen) atoms. The number of hydrogen-bond donors (Lipinski definition) is 1. The molecule has 1 rings (SSSR count). The molecular formula is CHF3N3P3. The molecule has 1 aliphatic rings. The second kappa shape index (κ2) is 3.19. The van der Waals surface area contributed by atoms with Crippen LogP contribution < -0.4 is 4.86 Å². The second-order valence-corrected chi connectivity index (χ2v) is 4.99. The SMILES string of the molecule is FC(F)(F)P1N=PN=PN1. The van der Waals surface area contributed by atoms with Crippen molar-refractivity contribution in [3.05, 3.63) is 0 Å². The van der Waals surface area contributed by atoms with Gasteiger partial charge in [0, 0.05) is 0 Å². The summed E-state index contributed by atoms with van der Waals surface area (Å²) in [6.45, 7) is 0. The maximum Gasteiger partial charge on any atom is 0.441 e. The number of halogens is 3. The number of rotatable bonds is 0. The van der Waals surface area contributed by atoms with Crippen LogP contribution in [0.15, 0.2) is 9.03 Å². The summed E-state index contributed by atoms with van der Waals surface area (Å²) in [6, 6.07) is 0. The summed E-state index contributed by atoms with van der Waals surface area (Å²) in [5.41, 5.74) is 0. The van der Waals surface area contributed by atoms with E-state index in [4.69, 9.17) is 0 Å². The highest BCUT2D eigenvalue weighted by atomic mass is 31.2. The van der Waals surface area contributed by atoms with Crippen LogP contribution >= 0.6 is 25.3 Å². The molecule has 0 aromatic heterocycles. The Morgan fingerprint density at radius 3 is 2.40 bits per heavy atom. The number of nitrogens with zero attached hydrogens (tertiary/aromatic N) is 2. The third kappa shape index (κ3) is 2.21. The molecule has 1 heterocycles. The molecule has 0 aromatic carbocycles. The van der Waals surface area contributed by atoms with Crippen molar-refractivity contribution in [1.29, 1.82) is 0 Å². The van der Waals surface area contributed by atoms with E-state index in [1.165, 1.54) is 0 Å². The molecule has 1 unspecified atom stereocenters. The summed E-state index contributed by atoms with van der Waals surface area (Å²) >= 11 is 0. The van der Waals surface area contributed by atoms with E-state index in [-0.39, 0.29) is 17.0 Å². The Labute approximate surface area is 59.1 Å². The van der Waals surface area contributed by atoms with Crippen LogP contribution in [-0.2, 0) is 0 Å². The summed E-state index contributed by atoms with van der Waals surface area (Å²) in [4.78, 5) is 2.13. The zero-order valence-electron chi connectivity index (χ0n) is 4.37. The summed E-state index contributed by atoms with van der Waals surface area (Å²) in [5.74, 6) is -4.22. The van der Waals surface area contributed by atoms with Gasteiger partial charge < -0.3 is 0 Å². The van der Waals surface area contributed by atoms with E-state index < -0.39 is 14.1 Å². The predicted molar refractivity (Wildman–Crippen MR) is 34.8 cm³/mol. The minimum Gasteiger partial charge on any atom is -0.205 e. The maximum atomic E-state index is 11.8. The first-order valence-corrected chi connectivity index (χ1v) is 4.98. The molecule has 0 aliphatic carbocycles. The van der Waals surface area contributed by atoms with Gasteiger partial charge in [0.05, 0.1) is 0 Å². The smallest absolute Gasteiger partial charge is 0.205 e. The lowest BCUT2D eigenvalue weighted by atomic mass is 11.6. The van der Waals surface area contributed by atoms with E-state index in [9.17, 15) is 13.2 Å². The van der Waals surface area contributed by atoms with Crippen molar-refractivity contribution in [1.82, 2.24) is 4.86 Å². The van der Waals surface area contributed by atoms with Crippen molar-refractivity contribution in [2.45, 2.75) is 5.92 Å². The predicted octanol–water partition coefficient (Wildman–Crippen LogP) is 3.51. The fourth-order valence-electron chi connectivity index (χ4n) is 0.268. The van der Waals surface area contributed by atoms with Crippen molar-refractivity contribution in [3.8, 4) is 0 Å². The fraction of sp³-hybridized carbons (Fsp3) is 1.00. The molecule has 0 saturated heterocycles. The van der Waals surface area contributed by atoms with Gasteiger partial charge in [-0.2, -0.15) is 22.2 Å². The molecule has 1 N–H and O–H groups in total.